The molecule has 3 N–H and O–H groups in total. The minimum absolute atomic E-state index is 0.560. The Morgan fingerprint density at radius 3 is 2.47 bits per heavy atom. The molecular weight excluding hydrogens is 240 g/mol. The summed E-state index contributed by atoms with van der Waals surface area (Å²) in [4.78, 5) is 8.70. The predicted molar refractivity (Wildman–Crippen MR) is 77.5 cm³/mol. The molecule has 0 aliphatic heterocycles. The molecule has 1 aromatic heterocycles. The number of aromatic nitrogens is 2. The fraction of sp³-hybridized carbons (Fsp3) is 0.714. The van der Waals surface area contributed by atoms with Gasteiger partial charge in [0.2, 0.25) is 0 Å². The van der Waals surface area contributed by atoms with Crippen molar-refractivity contribution in [3.63, 3.8) is 0 Å². The Hall–Kier alpha value is -1.36. The van der Waals surface area contributed by atoms with Gasteiger partial charge in [-0.05, 0) is 26.2 Å². The van der Waals surface area contributed by atoms with Gasteiger partial charge >= 0.3 is 0 Å². The lowest BCUT2D eigenvalue weighted by Gasteiger charge is -2.22. The molecule has 106 valence electrons. The largest absolute Gasteiger partial charge is 0.388 e. The van der Waals surface area contributed by atoms with E-state index < -0.39 is 5.60 Å². The van der Waals surface area contributed by atoms with Gasteiger partial charge in [-0.3, -0.25) is 0 Å². The highest BCUT2D eigenvalue weighted by molar-refractivity contribution is 5.47. The zero-order chi connectivity index (χ0) is 13.7. The first-order chi connectivity index (χ1) is 9.11. The van der Waals surface area contributed by atoms with Gasteiger partial charge < -0.3 is 15.7 Å². The van der Waals surface area contributed by atoms with Gasteiger partial charge in [0, 0.05) is 19.2 Å². The summed E-state index contributed by atoms with van der Waals surface area (Å²) in [6, 6.07) is 1.90. The number of rotatable bonds is 6. The molecule has 1 saturated carbocycles. The first-order valence-electron chi connectivity index (χ1n) is 7.17. The average Bonchev–Trinajstić information content (AvgIpc) is 2.81. The third-order valence-corrected chi connectivity index (χ3v) is 3.53. The number of nitrogens with one attached hydrogen (secondary N) is 2. The first-order valence-corrected chi connectivity index (χ1v) is 7.17. The van der Waals surface area contributed by atoms with Crippen molar-refractivity contribution in [2.75, 3.05) is 23.7 Å². The highest BCUT2D eigenvalue weighted by Gasteiger charge is 2.30. The Labute approximate surface area is 114 Å². The summed E-state index contributed by atoms with van der Waals surface area (Å²) in [5.74, 6) is 2.36. The Morgan fingerprint density at radius 1 is 1.21 bits per heavy atom. The molecule has 0 bridgehead atoms. The van der Waals surface area contributed by atoms with Crippen molar-refractivity contribution >= 4 is 11.6 Å². The average molecular weight is 264 g/mol. The van der Waals surface area contributed by atoms with Gasteiger partial charge in [-0.2, -0.15) is 0 Å². The predicted octanol–water partition coefficient (Wildman–Crippen LogP) is 2.32. The molecule has 19 heavy (non-hydrogen) atoms. The minimum atomic E-state index is -0.560. The van der Waals surface area contributed by atoms with Crippen LogP contribution < -0.4 is 10.6 Å². The quantitative estimate of drug-likeness (QED) is 0.735. The van der Waals surface area contributed by atoms with Gasteiger partial charge in [0.1, 0.15) is 17.5 Å². The second-order valence-electron chi connectivity index (χ2n) is 5.40. The van der Waals surface area contributed by atoms with E-state index in [1.807, 2.05) is 13.0 Å². The van der Waals surface area contributed by atoms with Crippen LogP contribution in [0.25, 0.3) is 0 Å². The maximum atomic E-state index is 10.3. The van der Waals surface area contributed by atoms with Crippen LogP contribution in [0.4, 0.5) is 11.6 Å². The van der Waals surface area contributed by atoms with E-state index in [9.17, 15) is 5.11 Å². The Bertz CT molecular complexity index is 416. The van der Waals surface area contributed by atoms with Crippen LogP contribution in [-0.4, -0.2) is 33.8 Å². The Kier molecular flexibility index (Phi) is 4.58. The van der Waals surface area contributed by atoms with Crippen LogP contribution in [-0.2, 0) is 0 Å². The number of nitrogens with zero attached hydrogens (tertiary/aromatic N) is 2. The normalized spacial score (nSPS) is 17.4. The van der Waals surface area contributed by atoms with Gasteiger partial charge in [0.25, 0.3) is 0 Å². The number of aliphatic hydroxyl groups is 1. The van der Waals surface area contributed by atoms with E-state index in [4.69, 9.17) is 0 Å². The van der Waals surface area contributed by atoms with Gasteiger partial charge in [-0.1, -0.05) is 19.8 Å². The van der Waals surface area contributed by atoms with E-state index in [1.165, 1.54) is 0 Å². The van der Waals surface area contributed by atoms with Crippen molar-refractivity contribution in [1.29, 1.82) is 0 Å². The molecule has 5 nitrogen and oxygen atoms in total. The van der Waals surface area contributed by atoms with Crippen LogP contribution in [0, 0.1) is 6.92 Å². The molecule has 1 heterocycles. The van der Waals surface area contributed by atoms with Crippen LogP contribution in [0.5, 0.6) is 0 Å². The standard InChI is InChI=1S/C14H24N4O/c1-3-8-15-12-9-13(18-11(2)17-12)16-10-14(19)6-4-5-7-14/h9,19H,3-8,10H2,1-2H3,(H2,15,16,17,18). The molecule has 0 spiro atoms. The second kappa shape index (κ2) is 6.19. The highest BCUT2D eigenvalue weighted by atomic mass is 16.3. The lowest BCUT2D eigenvalue weighted by molar-refractivity contribution is 0.0614. The van der Waals surface area contributed by atoms with Crippen molar-refractivity contribution in [3.8, 4) is 0 Å². The molecule has 1 aliphatic rings. The van der Waals surface area contributed by atoms with Crippen molar-refractivity contribution in [2.45, 2.75) is 51.6 Å². The van der Waals surface area contributed by atoms with Crippen LogP contribution in [0.2, 0.25) is 0 Å². The number of hydrogen-bond donors (Lipinski definition) is 3. The van der Waals surface area contributed by atoms with Crippen molar-refractivity contribution in [3.05, 3.63) is 11.9 Å². The lowest BCUT2D eigenvalue weighted by Crippen LogP contribution is -2.33. The minimum Gasteiger partial charge on any atom is -0.388 e. The van der Waals surface area contributed by atoms with Gasteiger partial charge in [0.05, 0.1) is 5.60 Å². The topological polar surface area (TPSA) is 70.1 Å². The second-order valence-corrected chi connectivity index (χ2v) is 5.40. The van der Waals surface area contributed by atoms with E-state index in [2.05, 4.69) is 27.5 Å². The van der Waals surface area contributed by atoms with Crippen LogP contribution in [0.3, 0.4) is 0 Å². The van der Waals surface area contributed by atoms with Crippen molar-refractivity contribution in [1.82, 2.24) is 9.97 Å². The van der Waals surface area contributed by atoms with Crippen molar-refractivity contribution in [2.24, 2.45) is 0 Å². The van der Waals surface area contributed by atoms with E-state index in [0.29, 0.717) is 6.54 Å². The van der Waals surface area contributed by atoms with E-state index in [0.717, 1.165) is 56.1 Å². The van der Waals surface area contributed by atoms with Gasteiger partial charge in [0.15, 0.2) is 0 Å². The third-order valence-electron chi connectivity index (χ3n) is 3.53. The van der Waals surface area contributed by atoms with E-state index in [-0.39, 0.29) is 0 Å². The molecule has 1 aromatic rings. The zero-order valence-corrected chi connectivity index (χ0v) is 11.9. The number of aryl methyl sites for hydroxylation is 1. The summed E-state index contributed by atoms with van der Waals surface area (Å²) >= 11 is 0. The molecule has 0 unspecified atom stereocenters. The molecule has 1 fully saturated rings. The van der Waals surface area contributed by atoms with Crippen LogP contribution in [0.1, 0.15) is 44.9 Å². The summed E-state index contributed by atoms with van der Waals surface area (Å²) in [5.41, 5.74) is -0.560. The molecule has 5 heteroatoms. The number of anilines is 2. The summed E-state index contributed by atoms with van der Waals surface area (Å²) in [5, 5.41) is 16.8. The third kappa shape index (κ3) is 4.06. The highest BCUT2D eigenvalue weighted by Crippen LogP contribution is 2.29. The Balaban J connectivity index is 1.97. The smallest absolute Gasteiger partial charge is 0.131 e. The maximum Gasteiger partial charge on any atom is 0.131 e. The first kappa shape index (κ1) is 14.1. The maximum absolute atomic E-state index is 10.3. The zero-order valence-electron chi connectivity index (χ0n) is 11.9. The van der Waals surface area contributed by atoms with E-state index >= 15 is 0 Å². The molecule has 0 amide bonds. The molecular formula is C14H24N4O. The van der Waals surface area contributed by atoms with Crippen molar-refractivity contribution < 1.29 is 5.11 Å². The molecule has 0 atom stereocenters. The lowest BCUT2D eigenvalue weighted by atomic mass is 10.0. The SMILES string of the molecule is CCCNc1cc(NCC2(O)CCCC2)nc(C)n1. The van der Waals surface area contributed by atoms with Crippen LogP contribution >= 0.6 is 0 Å². The van der Waals surface area contributed by atoms with Gasteiger partial charge in [-0.25, -0.2) is 9.97 Å². The molecule has 0 saturated heterocycles. The fourth-order valence-electron chi connectivity index (χ4n) is 2.47. The van der Waals surface area contributed by atoms with Crippen LogP contribution in [0.15, 0.2) is 6.07 Å². The molecule has 1 aliphatic carbocycles. The molecule has 0 radical (unpaired) electrons. The monoisotopic (exact) mass is 264 g/mol. The Morgan fingerprint density at radius 2 is 1.84 bits per heavy atom. The summed E-state index contributed by atoms with van der Waals surface area (Å²) < 4.78 is 0. The number of hydrogen-bond acceptors (Lipinski definition) is 5. The molecule has 0 aromatic carbocycles. The van der Waals surface area contributed by atoms with E-state index in [1.54, 1.807) is 0 Å². The summed E-state index contributed by atoms with van der Waals surface area (Å²) in [6.07, 6.45) is 5.05. The van der Waals surface area contributed by atoms with Gasteiger partial charge in [-0.15, -0.1) is 0 Å². The summed E-state index contributed by atoms with van der Waals surface area (Å²) in [6.45, 7) is 5.47. The molecule has 2 rings (SSSR count). The summed E-state index contributed by atoms with van der Waals surface area (Å²) in [7, 11) is 0. The fourth-order valence-corrected chi connectivity index (χ4v) is 2.47.